The maximum Gasteiger partial charge on any atom is 0.423 e. The molecule has 1 N–H and O–H groups in total. The normalized spacial score (nSPS) is 25.9. The van der Waals surface area contributed by atoms with Crippen LogP contribution in [0.3, 0.4) is 0 Å². The van der Waals surface area contributed by atoms with E-state index in [9.17, 15) is 23.3 Å². The molecule has 0 saturated heterocycles. The van der Waals surface area contributed by atoms with Crippen molar-refractivity contribution in [1.82, 2.24) is 0 Å². The number of nitrogens with one attached hydrogen (secondary N) is 1. The fraction of sp³-hybridized carbons (Fsp3) is 0.571. The fourth-order valence-corrected chi connectivity index (χ4v) is 2.79. The Labute approximate surface area is 120 Å². The highest BCUT2D eigenvalue weighted by Gasteiger charge is 2.39. The third kappa shape index (κ3) is 3.28. The van der Waals surface area contributed by atoms with Crippen LogP contribution in [0, 0.1) is 22.0 Å². The third-order valence-electron chi connectivity index (χ3n) is 4.32. The molecule has 1 saturated carbocycles. The van der Waals surface area contributed by atoms with Gasteiger partial charge in [0.15, 0.2) is 0 Å². The van der Waals surface area contributed by atoms with E-state index < -0.39 is 22.4 Å². The molecule has 0 bridgehead atoms. The summed E-state index contributed by atoms with van der Waals surface area (Å²) in [6.07, 6.45) is -2.83. The molecule has 0 spiro atoms. The molecule has 0 amide bonds. The molecule has 1 aromatic rings. The molecule has 1 aromatic carbocycles. The lowest BCUT2D eigenvalue weighted by molar-refractivity contribution is -0.388. The number of nitro benzene ring substituents is 1. The first-order valence-corrected chi connectivity index (χ1v) is 6.82. The van der Waals surface area contributed by atoms with Crippen LogP contribution in [0.15, 0.2) is 18.2 Å². The monoisotopic (exact) mass is 302 g/mol. The van der Waals surface area contributed by atoms with Crippen LogP contribution in [-0.2, 0) is 6.18 Å². The van der Waals surface area contributed by atoms with Gasteiger partial charge in [-0.1, -0.05) is 13.8 Å². The van der Waals surface area contributed by atoms with Gasteiger partial charge in [-0.15, -0.1) is 0 Å². The zero-order chi connectivity index (χ0) is 15.8. The molecular formula is C14H17F3N2O2. The average Bonchev–Trinajstić information content (AvgIpc) is 2.69. The van der Waals surface area contributed by atoms with Gasteiger partial charge in [-0.3, -0.25) is 10.1 Å². The predicted molar refractivity (Wildman–Crippen MR) is 73.1 cm³/mol. The SMILES string of the molecule is CC1CCC(Nc2ccc([N+](=O)[O-])c(C(F)(F)F)c2)C1C. The lowest BCUT2D eigenvalue weighted by atomic mass is 9.97. The molecule has 0 aromatic heterocycles. The van der Waals surface area contributed by atoms with Crippen molar-refractivity contribution in [2.24, 2.45) is 11.8 Å². The summed E-state index contributed by atoms with van der Waals surface area (Å²) < 4.78 is 38.7. The van der Waals surface area contributed by atoms with Crippen molar-refractivity contribution in [3.8, 4) is 0 Å². The summed E-state index contributed by atoms with van der Waals surface area (Å²) in [7, 11) is 0. The number of rotatable bonds is 3. The van der Waals surface area contributed by atoms with E-state index >= 15 is 0 Å². The molecule has 3 atom stereocenters. The summed E-state index contributed by atoms with van der Waals surface area (Å²) in [5.74, 6) is 0.872. The first kappa shape index (κ1) is 15.6. The van der Waals surface area contributed by atoms with Crippen molar-refractivity contribution in [2.45, 2.75) is 38.9 Å². The van der Waals surface area contributed by atoms with Crippen molar-refractivity contribution < 1.29 is 18.1 Å². The molecule has 2 rings (SSSR count). The number of anilines is 1. The van der Waals surface area contributed by atoms with Crippen LogP contribution in [0.1, 0.15) is 32.3 Å². The Morgan fingerprint density at radius 1 is 1.29 bits per heavy atom. The van der Waals surface area contributed by atoms with Gasteiger partial charge in [0.05, 0.1) is 4.92 Å². The minimum absolute atomic E-state index is 0.0996. The first-order chi connectivity index (χ1) is 9.70. The quantitative estimate of drug-likeness (QED) is 0.662. The zero-order valence-corrected chi connectivity index (χ0v) is 11.8. The molecule has 0 aliphatic heterocycles. The van der Waals surface area contributed by atoms with Gasteiger partial charge < -0.3 is 5.32 Å². The summed E-state index contributed by atoms with van der Waals surface area (Å²) in [5, 5.41) is 13.8. The molecule has 21 heavy (non-hydrogen) atoms. The van der Waals surface area contributed by atoms with E-state index in [0.717, 1.165) is 25.0 Å². The molecule has 1 fully saturated rings. The Hall–Kier alpha value is -1.79. The van der Waals surface area contributed by atoms with Gasteiger partial charge in [-0.25, -0.2) is 0 Å². The first-order valence-electron chi connectivity index (χ1n) is 6.82. The van der Waals surface area contributed by atoms with Gasteiger partial charge in [-0.05, 0) is 36.8 Å². The topological polar surface area (TPSA) is 55.2 Å². The number of halogens is 3. The smallest absolute Gasteiger partial charge is 0.382 e. The lowest BCUT2D eigenvalue weighted by Gasteiger charge is -2.21. The second kappa shape index (κ2) is 5.54. The maximum atomic E-state index is 12.9. The lowest BCUT2D eigenvalue weighted by Crippen LogP contribution is -2.24. The van der Waals surface area contributed by atoms with E-state index in [1.165, 1.54) is 6.07 Å². The molecule has 7 heteroatoms. The number of nitro groups is 1. The number of hydrogen-bond donors (Lipinski definition) is 1. The summed E-state index contributed by atoms with van der Waals surface area (Å²) >= 11 is 0. The molecule has 1 aliphatic carbocycles. The highest BCUT2D eigenvalue weighted by molar-refractivity contribution is 5.55. The van der Waals surface area contributed by atoms with E-state index in [4.69, 9.17) is 0 Å². The second-order valence-corrected chi connectivity index (χ2v) is 5.65. The predicted octanol–water partition coefficient (Wildman–Crippen LogP) is 4.46. The third-order valence-corrected chi connectivity index (χ3v) is 4.32. The van der Waals surface area contributed by atoms with Crippen molar-refractivity contribution in [2.75, 3.05) is 5.32 Å². The Morgan fingerprint density at radius 3 is 2.43 bits per heavy atom. The summed E-state index contributed by atoms with van der Waals surface area (Å²) in [5.41, 5.74) is -1.85. The Bertz CT molecular complexity index is 546. The van der Waals surface area contributed by atoms with Crippen molar-refractivity contribution in [3.05, 3.63) is 33.9 Å². The van der Waals surface area contributed by atoms with Gasteiger partial charge in [-0.2, -0.15) is 13.2 Å². The van der Waals surface area contributed by atoms with Crippen LogP contribution in [0.4, 0.5) is 24.5 Å². The Balaban J connectivity index is 2.28. The average molecular weight is 302 g/mol. The number of nitrogens with zero attached hydrogens (tertiary/aromatic N) is 1. The van der Waals surface area contributed by atoms with Crippen LogP contribution >= 0.6 is 0 Å². The number of hydrogen-bond acceptors (Lipinski definition) is 3. The minimum Gasteiger partial charge on any atom is -0.382 e. The van der Waals surface area contributed by atoms with Crippen molar-refractivity contribution in [1.29, 1.82) is 0 Å². The van der Waals surface area contributed by atoms with Crippen LogP contribution < -0.4 is 5.32 Å². The van der Waals surface area contributed by atoms with Crippen LogP contribution in [0.2, 0.25) is 0 Å². The van der Waals surface area contributed by atoms with Crippen LogP contribution in [0.25, 0.3) is 0 Å². The molecule has 3 unspecified atom stereocenters. The Morgan fingerprint density at radius 2 is 1.95 bits per heavy atom. The second-order valence-electron chi connectivity index (χ2n) is 5.65. The summed E-state index contributed by atoms with van der Waals surface area (Å²) in [4.78, 5) is 9.70. The van der Waals surface area contributed by atoms with Crippen LogP contribution in [-0.4, -0.2) is 11.0 Å². The standard InChI is InChI=1S/C14H17F3N2O2/c1-8-3-5-12(9(8)2)18-10-4-6-13(19(20)21)11(7-10)14(15,16)17/h4,6-9,12,18H,3,5H2,1-2H3. The van der Waals surface area contributed by atoms with Crippen molar-refractivity contribution in [3.63, 3.8) is 0 Å². The molecule has 1 aliphatic rings. The largest absolute Gasteiger partial charge is 0.423 e. The number of alkyl halides is 3. The number of benzene rings is 1. The minimum atomic E-state index is -4.74. The maximum absolute atomic E-state index is 12.9. The van der Waals surface area contributed by atoms with E-state index in [1.54, 1.807) is 0 Å². The summed E-state index contributed by atoms with van der Waals surface area (Å²) in [6, 6.07) is 3.17. The molecule has 0 radical (unpaired) electrons. The van der Waals surface area contributed by atoms with Crippen molar-refractivity contribution >= 4 is 11.4 Å². The van der Waals surface area contributed by atoms with E-state index in [2.05, 4.69) is 19.2 Å². The van der Waals surface area contributed by atoms with E-state index in [-0.39, 0.29) is 11.7 Å². The zero-order valence-electron chi connectivity index (χ0n) is 11.8. The van der Waals surface area contributed by atoms with E-state index in [0.29, 0.717) is 11.8 Å². The van der Waals surface area contributed by atoms with Crippen LogP contribution in [0.5, 0.6) is 0 Å². The van der Waals surface area contributed by atoms with Gasteiger partial charge in [0.2, 0.25) is 0 Å². The van der Waals surface area contributed by atoms with Gasteiger partial charge >= 0.3 is 6.18 Å². The highest BCUT2D eigenvalue weighted by Crippen LogP contribution is 2.39. The molecule has 0 heterocycles. The summed E-state index contributed by atoms with van der Waals surface area (Å²) in [6.45, 7) is 4.18. The molecular weight excluding hydrogens is 285 g/mol. The molecule has 116 valence electrons. The highest BCUT2D eigenvalue weighted by atomic mass is 19.4. The fourth-order valence-electron chi connectivity index (χ4n) is 2.79. The van der Waals surface area contributed by atoms with Gasteiger partial charge in [0, 0.05) is 17.8 Å². The molecule has 4 nitrogen and oxygen atoms in total. The van der Waals surface area contributed by atoms with E-state index in [1.807, 2.05) is 0 Å². The van der Waals surface area contributed by atoms with Gasteiger partial charge in [0.1, 0.15) is 5.56 Å². The Kier molecular flexibility index (Phi) is 4.11. The van der Waals surface area contributed by atoms with Gasteiger partial charge in [0.25, 0.3) is 5.69 Å².